The molecule has 1 aromatic carbocycles. The fourth-order valence-electron chi connectivity index (χ4n) is 3.83. The molecule has 104 valence electrons. The van der Waals surface area contributed by atoms with Crippen molar-refractivity contribution in [3.8, 4) is 0 Å². The van der Waals surface area contributed by atoms with Crippen molar-refractivity contribution in [2.45, 2.75) is 57.4 Å². The second kappa shape index (κ2) is 5.43. The molecule has 3 heteroatoms. The first-order chi connectivity index (χ1) is 9.17. The lowest BCUT2D eigenvalue weighted by molar-refractivity contribution is 0.188. The minimum absolute atomic E-state index is 0.157. The highest BCUT2D eigenvalue weighted by atomic mass is 79.9. The molecule has 2 aliphatic rings. The van der Waals surface area contributed by atoms with E-state index in [1.807, 2.05) is 12.1 Å². The Balaban J connectivity index is 1.60. The molecule has 0 unspecified atom stereocenters. The summed E-state index contributed by atoms with van der Waals surface area (Å²) in [6.07, 6.45) is 10.7. The molecule has 0 saturated heterocycles. The predicted octanol–water partition coefficient (Wildman–Crippen LogP) is 5.50. The van der Waals surface area contributed by atoms with E-state index in [-0.39, 0.29) is 5.82 Å². The number of nitrogens with one attached hydrogen (secondary N) is 1. The molecule has 0 radical (unpaired) electrons. The third-order valence-electron chi connectivity index (χ3n) is 5.00. The fourth-order valence-corrected chi connectivity index (χ4v) is 4.16. The molecule has 0 amide bonds. The molecular formula is C16H21BrFN. The van der Waals surface area contributed by atoms with Crippen LogP contribution in [0.2, 0.25) is 0 Å². The Kier molecular flexibility index (Phi) is 3.84. The summed E-state index contributed by atoms with van der Waals surface area (Å²) in [4.78, 5) is 0. The van der Waals surface area contributed by atoms with Gasteiger partial charge >= 0.3 is 0 Å². The lowest BCUT2D eigenvalue weighted by atomic mass is 9.71. The van der Waals surface area contributed by atoms with Crippen LogP contribution in [0.3, 0.4) is 0 Å². The Bertz CT molecular complexity index is 444. The first-order valence-electron chi connectivity index (χ1n) is 7.39. The van der Waals surface area contributed by atoms with Gasteiger partial charge in [-0.15, -0.1) is 0 Å². The van der Waals surface area contributed by atoms with E-state index in [4.69, 9.17) is 0 Å². The molecule has 0 aromatic heterocycles. The minimum Gasteiger partial charge on any atom is -0.380 e. The second-order valence-corrected chi connectivity index (χ2v) is 7.17. The van der Waals surface area contributed by atoms with Crippen LogP contribution >= 0.6 is 15.9 Å². The molecule has 2 saturated carbocycles. The summed E-state index contributed by atoms with van der Waals surface area (Å²) in [7, 11) is 0. The molecule has 1 nitrogen and oxygen atoms in total. The Hall–Kier alpha value is -0.570. The first-order valence-corrected chi connectivity index (χ1v) is 8.18. The average Bonchev–Trinajstić information content (AvgIpc) is 2.84. The third kappa shape index (κ3) is 2.96. The van der Waals surface area contributed by atoms with Crippen molar-refractivity contribution in [3.05, 3.63) is 28.5 Å². The van der Waals surface area contributed by atoms with Crippen LogP contribution in [0.15, 0.2) is 22.7 Å². The molecule has 0 aliphatic heterocycles. The summed E-state index contributed by atoms with van der Waals surface area (Å²) < 4.78 is 14.6. The molecule has 1 N–H and O–H groups in total. The number of hydrogen-bond donors (Lipinski definition) is 1. The maximum absolute atomic E-state index is 13.8. The quantitative estimate of drug-likeness (QED) is 0.756. The van der Waals surface area contributed by atoms with E-state index < -0.39 is 0 Å². The largest absolute Gasteiger partial charge is 0.380 e. The van der Waals surface area contributed by atoms with E-state index >= 15 is 0 Å². The summed E-state index contributed by atoms with van der Waals surface area (Å²) >= 11 is 3.29. The van der Waals surface area contributed by atoms with Gasteiger partial charge in [-0.3, -0.25) is 0 Å². The summed E-state index contributed by atoms with van der Waals surface area (Å²) in [5, 5.41) is 3.39. The molecule has 0 bridgehead atoms. The summed E-state index contributed by atoms with van der Waals surface area (Å²) in [6.45, 7) is 0. The van der Waals surface area contributed by atoms with E-state index in [1.165, 1.54) is 57.4 Å². The summed E-state index contributed by atoms with van der Waals surface area (Å²) in [6, 6.07) is 5.71. The SMILES string of the molecule is Fc1cc(Br)ccc1NC1CCC2(CCCC2)CC1. The van der Waals surface area contributed by atoms with Crippen molar-refractivity contribution in [2.75, 3.05) is 5.32 Å². The fraction of sp³-hybridized carbons (Fsp3) is 0.625. The van der Waals surface area contributed by atoms with Crippen LogP contribution in [0.1, 0.15) is 51.4 Å². The Morgan fingerprint density at radius 3 is 2.42 bits per heavy atom. The maximum Gasteiger partial charge on any atom is 0.147 e. The molecular weight excluding hydrogens is 305 g/mol. The molecule has 0 atom stereocenters. The van der Waals surface area contributed by atoms with Gasteiger partial charge in [-0.2, -0.15) is 0 Å². The monoisotopic (exact) mass is 325 g/mol. The number of benzene rings is 1. The minimum atomic E-state index is -0.157. The van der Waals surface area contributed by atoms with E-state index in [0.717, 1.165) is 4.47 Å². The van der Waals surface area contributed by atoms with Gasteiger partial charge in [-0.1, -0.05) is 28.8 Å². The van der Waals surface area contributed by atoms with Gasteiger partial charge in [-0.05, 0) is 62.1 Å². The van der Waals surface area contributed by atoms with Gasteiger partial charge in [-0.25, -0.2) is 4.39 Å². The normalized spacial score (nSPS) is 22.8. The first kappa shape index (κ1) is 13.4. The molecule has 1 aromatic rings. The van der Waals surface area contributed by atoms with Crippen LogP contribution < -0.4 is 5.32 Å². The average molecular weight is 326 g/mol. The highest BCUT2D eigenvalue weighted by Crippen LogP contribution is 2.49. The van der Waals surface area contributed by atoms with Crippen LogP contribution in [0.4, 0.5) is 10.1 Å². The van der Waals surface area contributed by atoms with E-state index in [1.54, 1.807) is 0 Å². The van der Waals surface area contributed by atoms with Crippen LogP contribution in [0.25, 0.3) is 0 Å². The van der Waals surface area contributed by atoms with E-state index in [9.17, 15) is 4.39 Å². The van der Waals surface area contributed by atoms with Gasteiger partial charge in [0.1, 0.15) is 5.82 Å². The zero-order chi connectivity index (χ0) is 13.3. The topological polar surface area (TPSA) is 12.0 Å². The smallest absolute Gasteiger partial charge is 0.147 e. The van der Waals surface area contributed by atoms with Gasteiger partial charge in [0.2, 0.25) is 0 Å². The lowest BCUT2D eigenvalue weighted by Gasteiger charge is -2.37. The lowest BCUT2D eigenvalue weighted by Crippen LogP contribution is -2.31. The molecule has 19 heavy (non-hydrogen) atoms. The summed E-state index contributed by atoms with van der Waals surface area (Å²) in [5.74, 6) is -0.157. The van der Waals surface area contributed by atoms with Crippen molar-refractivity contribution in [1.29, 1.82) is 0 Å². The number of anilines is 1. The molecule has 3 rings (SSSR count). The standard InChI is InChI=1S/C16H21BrFN/c17-12-3-4-15(14(18)11-12)19-13-5-9-16(10-6-13)7-1-2-8-16/h3-4,11,13,19H,1-2,5-10H2. The van der Waals surface area contributed by atoms with Gasteiger partial charge in [0.05, 0.1) is 5.69 Å². The summed E-state index contributed by atoms with van der Waals surface area (Å²) in [5.41, 5.74) is 1.30. The van der Waals surface area contributed by atoms with Crippen LogP contribution in [-0.2, 0) is 0 Å². The van der Waals surface area contributed by atoms with Crippen molar-refractivity contribution in [2.24, 2.45) is 5.41 Å². The highest BCUT2D eigenvalue weighted by Gasteiger charge is 2.37. The zero-order valence-electron chi connectivity index (χ0n) is 11.2. The van der Waals surface area contributed by atoms with Crippen LogP contribution in [0, 0.1) is 11.2 Å². The zero-order valence-corrected chi connectivity index (χ0v) is 12.8. The van der Waals surface area contributed by atoms with E-state index in [2.05, 4.69) is 21.2 Å². The van der Waals surface area contributed by atoms with Crippen molar-refractivity contribution in [3.63, 3.8) is 0 Å². The number of halogens is 2. The Labute approximate surface area is 123 Å². The molecule has 0 heterocycles. The van der Waals surface area contributed by atoms with Gasteiger partial charge in [0.25, 0.3) is 0 Å². The molecule has 1 spiro atoms. The highest BCUT2D eigenvalue weighted by molar-refractivity contribution is 9.10. The maximum atomic E-state index is 13.8. The second-order valence-electron chi connectivity index (χ2n) is 6.25. The van der Waals surface area contributed by atoms with Gasteiger partial charge in [0.15, 0.2) is 0 Å². The Morgan fingerprint density at radius 2 is 1.79 bits per heavy atom. The van der Waals surface area contributed by atoms with Crippen molar-refractivity contribution < 1.29 is 4.39 Å². The number of rotatable bonds is 2. The van der Waals surface area contributed by atoms with Crippen LogP contribution in [0.5, 0.6) is 0 Å². The van der Waals surface area contributed by atoms with Gasteiger partial charge in [0, 0.05) is 10.5 Å². The van der Waals surface area contributed by atoms with E-state index in [0.29, 0.717) is 17.1 Å². The van der Waals surface area contributed by atoms with Crippen molar-refractivity contribution >= 4 is 21.6 Å². The Morgan fingerprint density at radius 1 is 1.11 bits per heavy atom. The number of hydrogen-bond acceptors (Lipinski definition) is 1. The third-order valence-corrected chi connectivity index (χ3v) is 5.49. The van der Waals surface area contributed by atoms with Crippen LogP contribution in [-0.4, -0.2) is 6.04 Å². The molecule has 2 aliphatic carbocycles. The van der Waals surface area contributed by atoms with Crippen molar-refractivity contribution in [1.82, 2.24) is 0 Å². The molecule has 2 fully saturated rings. The predicted molar refractivity (Wildman–Crippen MR) is 80.9 cm³/mol. The van der Waals surface area contributed by atoms with Gasteiger partial charge < -0.3 is 5.32 Å².